The van der Waals surface area contributed by atoms with Crippen molar-refractivity contribution in [3.63, 3.8) is 0 Å². The number of alkyl halides is 12. The molecule has 0 aliphatic rings. The molecule has 3 unspecified atom stereocenters. The highest BCUT2D eigenvalue weighted by molar-refractivity contribution is 5.45. The van der Waals surface area contributed by atoms with Gasteiger partial charge in [0.1, 0.15) is 5.92 Å². The third-order valence-electron chi connectivity index (χ3n) is 5.01. The highest BCUT2D eigenvalue weighted by Crippen LogP contribution is 2.47. The van der Waals surface area contributed by atoms with Gasteiger partial charge >= 0.3 is 24.7 Å². The van der Waals surface area contributed by atoms with Crippen molar-refractivity contribution >= 4 is 0 Å². The summed E-state index contributed by atoms with van der Waals surface area (Å²) in [7, 11) is 0. The number of halogens is 12. The molecule has 3 nitrogen and oxygen atoms in total. The molecule has 3 atom stereocenters. The molecular formula is C21H13F12NO2. The number of nitriles is 1. The molecule has 0 aromatic heterocycles. The van der Waals surface area contributed by atoms with Crippen LogP contribution in [-0.4, -0.2) is 10.2 Å². The van der Waals surface area contributed by atoms with Crippen molar-refractivity contribution in [2.45, 2.75) is 43.8 Å². The van der Waals surface area contributed by atoms with Gasteiger partial charge in [0.15, 0.2) is 0 Å². The summed E-state index contributed by atoms with van der Waals surface area (Å²) in [4.78, 5) is 0. The monoisotopic (exact) mass is 539 g/mol. The van der Waals surface area contributed by atoms with Crippen molar-refractivity contribution in [3.05, 3.63) is 69.3 Å². The van der Waals surface area contributed by atoms with Crippen LogP contribution in [0.25, 0.3) is 0 Å². The lowest BCUT2D eigenvalue weighted by Gasteiger charge is -2.28. The zero-order valence-electron chi connectivity index (χ0n) is 17.5. The minimum absolute atomic E-state index is 0.0680. The lowest BCUT2D eigenvalue weighted by atomic mass is 9.82. The number of hydrogen-bond donors (Lipinski definition) is 2. The smallest absolute Gasteiger partial charge is 0.387 e. The van der Waals surface area contributed by atoms with Crippen molar-refractivity contribution < 1.29 is 62.9 Å². The molecule has 0 heterocycles. The molecule has 0 fully saturated rings. The largest absolute Gasteiger partial charge is 0.416 e. The Balaban J connectivity index is 2.78. The zero-order valence-corrected chi connectivity index (χ0v) is 17.5. The predicted octanol–water partition coefficient (Wildman–Crippen LogP) is 6.98. The third kappa shape index (κ3) is 6.22. The van der Waals surface area contributed by atoms with Gasteiger partial charge in [0.2, 0.25) is 0 Å². The minimum atomic E-state index is -5.53. The molecule has 2 aromatic carbocycles. The van der Waals surface area contributed by atoms with Crippen LogP contribution in [0.15, 0.2) is 30.3 Å². The molecule has 36 heavy (non-hydrogen) atoms. The van der Waals surface area contributed by atoms with Gasteiger partial charge in [-0.25, -0.2) is 0 Å². The first-order valence-corrected chi connectivity index (χ1v) is 9.43. The van der Waals surface area contributed by atoms with E-state index in [9.17, 15) is 68.2 Å². The quantitative estimate of drug-likeness (QED) is 0.413. The predicted molar refractivity (Wildman–Crippen MR) is 96.7 cm³/mol. The molecule has 0 bridgehead atoms. The van der Waals surface area contributed by atoms with E-state index in [-0.39, 0.29) is 30.3 Å². The summed E-state index contributed by atoms with van der Waals surface area (Å²) in [5.41, 5.74) is -11.9. The Hall–Kier alpha value is -2.99. The van der Waals surface area contributed by atoms with Crippen LogP contribution >= 0.6 is 0 Å². The molecular weight excluding hydrogens is 526 g/mol. The second kappa shape index (κ2) is 9.47. The lowest BCUT2D eigenvalue weighted by molar-refractivity contribution is -0.148. The van der Waals surface area contributed by atoms with Gasteiger partial charge in [0.25, 0.3) is 0 Å². The van der Waals surface area contributed by atoms with Crippen LogP contribution in [0.3, 0.4) is 0 Å². The standard InChI is InChI=1S/C21H13F12NO2/c1-8-2-13(20(28,29)30)15(14(3-8)21(31,32)33)17(36)12(7-34)16(35)9-4-10(18(22,23)24)6-11(5-9)19(25,26)27/h2-6,12,16-17,35-36H,1H3. The van der Waals surface area contributed by atoms with Crippen LogP contribution in [0.2, 0.25) is 0 Å². The number of aryl methyl sites for hydroxylation is 1. The van der Waals surface area contributed by atoms with E-state index < -0.39 is 81.8 Å². The van der Waals surface area contributed by atoms with Crippen molar-refractivity contribution in [1.82, 2.24) is 0 Å². The summed E-state index contributed by atoms with van der Waals surface area (Å²) in [6, 6.07) is 0.894. The Morgan fingerprint density at radius 1 is 0.639 bits per heavy atom. The lowest BCUT2D eigenvalue weighted by Crippen LogP contribution is -2.26. The molecule has 0 saturated carbocycles. The van der Waals surface area contributed by atoms with E-state index in [0.29, 0.717) is 0 Å². The molecule has 0 radical (unpaired) electrons. The summed E-state index contributed by atoms with van der Waals surface area (Å²) in [6.45, 7) is 0.860. The van der Waals surface area contributed by atoms with Gasteiger partial charge in [-0.1, -0.05) is 0 Å². The van der Waals surface area contributed by atoms with Crippen molar-refractivity contribution in [2.75, 3.05) is 0 Å². The maximum absolute atomic E-state index is 13.5. The fraction of sp³-hybridized carbons (Fsp3) is 0.381. The van der Waals surface area contributed by atoms with Gasteiger partial charge in [-0.3, -0.25) is 0 Å². The molecule has 0 spiro atoms. The molecule has 198 valence electrons. The van der Waals surface area contributed by atoms with Crippen LogP contribution in [0.4, 0.5) is 52.7 Å². The highest BCUT2D eigenvalue weighted by atomic mass is 19.4. The van der Waals surface area contributed by atoms with Gasteiger partial charge in [-0.2, -0.15) is 57.9 Å². The van der Waals surface area contributed by atoms with Crippen LogP contribution in [0.5, 0.6) is 0 Å². The number of hydrogen-bond acceptors (Lipinski definition) is 3. The first kappa shape index (κ1) is 29.2. The average Bonchev–Trinajstić information content (AvgIpc) is 2.70. The van der Waals surface area contributed by atoms with Gasteiger partial charge < -0.3 is 10.2 Å². The third-order valence-corrected chi connectivity index (χ3v) is 5.01. The van der Waals surface area contributed by atoms with E-state index in [1.807, 2.05) is 0 Å². The van der Waals surface area contributed by atoms with Crippen LogP contribution in [0.1, 0.15) is 51.2 Å². The van der Waals surface area contributed by atoms with E-state index in [0.717, 1.165) is 13.0 Å². The normalized spacial score (nSPS) is 15.8. The first-order chi connectivity index (χ1) is 16.1. The van der Waals surface area contributed by atoms with E-state index in [4.69, 9.17) is 0 Å². The highest BCUT2D eigenvalue weighted by Gasteiger charge is 2.46. The topological polar surface area (TPSA) is 64.2 Å². The summed E-state index contributed by atoms with van der Waals surface area (Å²) in [6.07, 6.45) is -27.9. The molecule has 0 aliphatic carbocycles. The number of rotatable bonds is 4. The Morgan fingerprint density at radius 3 is 1.33 bits per heavy atom. The fourth-order valence-corrected chi connectivity index (χ4v) is 3.44. The maximum Gasteiger partial charge on any atom is 0.416 e. The van der Waals surface area contributed by atoms with Crippen LogP contribution in [0, 0.1) is 24.2 Å². The second-order valence-electron chi connectivity index (χ2n) is 7.65. The van der Waals surface area contributed by atoms with E-state index in [1.54, 1.807) is 0 Å². The average molecular weight is 539 g/mol. The molecule has 0 saturated heterocycles. The van der Waals surface area contributed by atoms with E-state index >= 15 is 0 Å². The van der Waals surface area contributed by atoms with Crippen molar-refractivity contribution in [1.29, 1.82) is 5.26 Å². The first-order valence-electron chi connectivity index (χ1n) is 9.43. The SMILES string of the molecule is Cc1cc(C(F)(F)F)c(C(O)C(C#N)C(O)c2cc(C(F)(F)F)cc(C(F)(F)F)c2)c(C(F)(F)F)c1. The number of benzene rings is 2. The van der Waals surface area contributed by atoms with Gasteiger partial charge in [0.05, 0.1) is 40.5 Å². The summed E-state index contributed by atoms with van der Waals surface area (Å²) in [5.74, 6) is -2.75. The molecule has 15 heteroatoms. The molecule has 2 rings (SSSR count). The molecule has 2 N–H and O–H groups in total. The number of aliphatic hydroxyl groups excluding tert-OH is 2. The summed E-state index contributed by atoms with van der Waals surface area (Å²) < 4.78 is 160. The number of nitrogens with zero attached hydrogens (tertiary/aromatic N) is 1. The number of aliphatic hydroxyl groups is 2. The molecule has 2 aromatic rings. The van der Waals surface area contributed by atoms with Crippen molar-refractivity contribution in [2.24, 2.45) is 5.92 Å². The summed E-state index contributed by atoms with van der Waals surface area (Å²) >= 11 is 0. The Bertz CT molecular complexity index is 1090. The van der Waals surface area contributed by atoms with Gasteiger partial charge in [-0.05, 0) is 48.4 Å². The molecule has 0 amide bonds. The zero-order chi connectivity index (χ0) is 28.0. The Morgan fingerprint density at radius 2 is 1.03 bits per heavy atom. The van der Waals surface area contributed by atoms with Crippen LogP contribution in [-0.2, 0) is 24.7 Å². The van der Waals surface area contributed by atoms with Crippen molar-refractivity contribution in [3.8, 4) is 6.07 Å². The summed E-state index contributed by atoms with van der Waals surface area (Å²) in [5, 5.41) is 30.1. The maximum atomic E-state index is 13.5. The van der Waals surface area contributed by atoms with Gasteiger partial charge in [-0.15, -0.1) is 0 Å². The second-order valence-corrected chi connectivity index (χ2v) is 7.65. The van der Waals surface area contributed by atoms with Crippen LogP contribution < -0.4 is 0 Å². The molecule has 0 aliphatic heterocycles. The Kier molecular flexibility index (Phi) is 7.69. The van der Waals surface area contributed by atoms with E-state index in [1.165, 1.54) is 0 Å². The van der Waals surface area contributed by atoms with Gasteiger partial charge in [0, 0.05) is 5.56 Å². The fourth-order valence-electron chi connectivity index (χ4n) is 3.44. The minimum Gasteiger partial charge on any atom is -0.387 e. The Labute approximate surface area is 194 Å². The van der Waals surface area contributed by atoms with E-state index in [2.05, 4.69) is 0 Å².